The van der Waals surface area contributed by atoms with E-state index in [2.05, 4.69) is 4.72 Å². The Morgan fingerprint density at radius 3 is 2.03 bits per heavy atom. The van der Waals surface area contributed by atoms with Gasteiger partial charge in [-0.15, -0.1) is 0 Å². The number of fused-ring (bicyclic) bond motifs is 1. The van der Waals surface area contributed by atoms with Crippen molar-refractivity contribution < 1.29 is 28.2 Å². The molecule has 9 heteroatoms. The minimum atomic E-state index is -4.17. The highest BCUT2D eigenvalue weighted by Crippen LogP contribution is 2.35. The molecule has 0 aliphatic rings. The van der Waals surface area contributed by atoms with Gasteiger partial charge in [-0.1, -0.05) is 35.9 Å². The summed E-state index contributed by atoms with van der Waals surface area (Å²) in [6, 6.07) is 20.1. The highest BCUT2D eigenvalue weighted by Gasteiger charge is 2.24. The Kier molecular flexibility index (Phi) is 5.65. The molecular formula is C23H16ClNO6S. The Labute approximate surface area is 188 Å². The van der Waals surface area contributed by atoms with Crippen LogP contribution in [-0.2, 0) is 10.0 Å². The molecule has 0 aliphatic carbocycles. The Bertz CT molecular complexity index is 1420. The van der Waals surface area contributed by atoms with Crippen LogP contribution in [0.4, 0.5) is 5.69 Å². The first-order chi connectivity index (χ1) is 15.2. The van der Waals surface area contributed by atoms with Crippen LogP contribution in [0.25, 0.3) is 10.8 Å². The molecule has 0 atom stereocenters. The van der Waals surface area contributed by atoms with E-state index in [-0.39, 0.29) is 21.4 Å². The van der Waals surface area contributed by atoms with Crippen LogP contribution in [0.15, 0.2) is 83.8 Å². The number of hydrogen-bond acceptors (Lipinski definition) is 5. The molecular weight excluding hydrogens is 454 g/mol. The number of aromatic hydroxyl groups is 1. The van der Waals surface area contributed by atoms with Crippen molar-refractivity contribution in [3.05, 3.63) is 89.4 Å². The number of hydrogen-bond donors (Lipinski definition) is 3. The van der Waals surface area contributed by atoms with Crippen molar-refractivity contribution in [3.63, 3.8) is 0 Å². The van der Waals surface area contributed by atoms with Gasteiger partial charge in [-0.3, -0.25) is 4.72 Å². The van der Waals surface area contributed by atoms with Crippen LogP contribution in [0.3, 0.4) is 0 Å². The molecule has 0 bridgehead atoms. The molecule has 0 saturated carbocycles. The lowest BCUT2D eigenvalue weighted by atomic mass is 10.1. The summed E-state index contributed by atoms with van der Waals surface area (Å²) < 4.78 is 34.3. The Balaban J connectivity index is 1.65. The zero-order valence-corrected chi connectivity index (χ0v) is 17.9. The van der Waals surface area contributed by atoms with E-state index in [0.29, 0.717) is 16.5 Å². The second-order valence-electron chi connectivity index (χ2n) is 6.81. The van der Waals surface area contributed by atoms with Gasteiger partial charge < -0.3 is 14.9 Å². The fraction of sp³-hybridized carbons (Fsp3) is 0. The monoisotopic (exact) mass is 469 g/mol. The van der Waals surface area contributed by atoms with Gasteiger partial charge >= 0.3 is 5.97 Å². The van der Waals surface area contributed by atoms with Crippen molar-refractivity contribution in [2.75, 3.05) is 4.72 Å². The SMILES string of the molecule is O=C(O)c1cc(S(=O)(=O)Nc2ccc(Oc3ccc(Cl)cc3)cc2)c2ccccc2c1O. The van der Waals surface area contributed by atoms with E-state index in [1.165, 1.54) is 24.3 Å². The van der Waals surface area contributed by atoms with Crippen molar-refractivity contribution >= 4 is 44.1 Å². The van der Waals surface area contributed by atoms with E-state index in [9.17, 15) is 23.4 Å². The molecule has 32 heavy (non-hydrogen) atoms. The van der Waals surface area contributed by atoms with Crippen LogP contribution in [0.5, 0.6) is 17.2 Å². The zero-order chi connectivity index (χ0) is 22.9. The lowest BCUT2D eigenvalue weighted by Gasteiger charge is -2.14. The summed E-state index contributed by atoms with van der Waals surface area (Å²) in [5, 5.41) is 20.5. The van der Waals surface area contributed by atoms with Crippen molar-refractivity contribution in [2.45, 2.75) is 4.90 Å². The van der Waals surface area contributed by atoms with Gasteiger partial charge in [0.1, 0.15) is 22.8 Å². The number of phenols is 1. The lowest BCUT2D eigenvalue weighted by Crippen LogP contribution is -2.14. The third kappa shape index (κ3) is 4.32. The van der Waals surface area contributed by atoms with E-state index in [1.54, 1.807) is 48.5 Å². The van der Waals surface area contributed by atoms with Crippen molar-refractivity contribution in [2.24, 2.45) is 0 Å². The average molecular weight is 470 g/mol. The van der Waals surface area contributed by atoms with Crippen LogP contribution < -0.4 is 9.46 Å². The molecule has 4 rings (SSSR count). The minimum absolute atomic E-state index is 0.125. The van der Waals surface area contributed by atoms with E-state index in [0.717, 1.165) is 6.07 Å². The number of aromatic carboxylic acids is 1. The maximum atomic E-state index is 13.1. The fourth-order valence-electron chi connectivity index (χ4n) is 3.15. The molecule has 0 radical (unpaired) electrons. The van der Waals surface area contributed by atoms with Crippen molar-refractivity contribution in [3.8, 4) is 17.2 Å². The van der Waals surface area contributed by atoms with Gasteiger partial charge in [-0.25, -0.2) is 13.2 Å². The second kappa shape index (κ2) is 8.41. The Hall–Kier alpha value is -3.75. The summed E-state index contributed by atoms with van der Waals surface area (Å²) in [5.74, 6) is -0.873. The summed E-state index contributed by atoms with van der Waals surface area (Å²) in [6.07, 6.45) is 0. The van der Waals surface area contributed by atoms with E-state index in [1.807, 2.05) is 0 Å². The van der Waals surface area contributed by atoms with Gasteiger partial charge in [-0.05, 0) is 54.6 Å². The first kappa shape index (κ1) is 21.5. The van der Waals surface area contributed by atoms with Gasteiger partial charge in [0.2, 0.25) is 0 Å². The molecule has 0 aromatic heterocycles. The topological polar surface area (TPSA) is 113 Å². The standard InChI is InChI=1S/C23H16ClNO6S/c24-14-5-9-16(10-6-14)31-17-11-7-15(8-12-17)25-32(29,30)21-13-20(23(27)28)22(26)19-4-2-1-3-18(19)21/h1-13,25-26H,(H,27,28). The number of carboxylic acid groups (broad SMARTS) is 1. The fourth-order valence-corrected chi connectivity index (χ4v) is 4.57. The van der Waals surface area contributed by atoms with E-state index >= 15 is 0 Å². The van der Waals surface area contributed by atoms with Gasteiger partial charge in [0, 0.05) is 21.5 Å². The van der Waals surface area contributed by atoms with Crippen molar-refractivity contribution in [1.82, 2.24) is 0 Å². The zero-order valence-electron chi connectivity index (χ0n) is 16.3. The number of anilines is 1. The molecule has 0 heterocycles. The van der Waals surface area contributed by atoms with Crippen LogP contribution >= 0.6 is 11.6 Å². The summed E-state index contributed by atoms with van der Waals surface area (Å²) in [7, 11) is -4.17. The molecule has 0 saturated heterocycles. The molecule has 162 valence electrons. The number of sulfonamides is 1. The van der Waals surface area contributed by atoms with Crippen LogP contribution in [0.2, 0.25) is 5.02 Å². The lowest BCUT2D eigenvalue weighted by molar-refractivity contribution is 0.0693. The van der Waals surface area contributed by atoms with Crippen LogP contribution in [0.1, 0.15) is 10.4 Å². The molecule has 0 spiro atoms. The normalized spacial score (nSPS) is 11.3. The molecule has 0 amide bonds. The highest BCUT2D eigenvalue weighted by molar-refractivity contribution is 7.93. The number of benzene rings is 4. The van der Waals surface area contributed by atoms with Gasteiger partial charge in [0.25, 0.3) is 10.0 Å². The third-order valence-corrected chi connectivity index (χ3v) is 6.33. The maximum absolute atomic E-state index is 13.1. The number of nitrogens with one attached hydrogen (secondary N) is 1. The molecule has 4 aromatic rings. The molecule has 0 unspecified atom stereocenters. The third-order valence-electron chi connectivity index (χ3n) is 4.65. The summed E-state index contributed by atoms with van der Waals surface area (Å²) in [6.45, 7) is 0. The Morgan fingerprint density at radius 1 is 0.875 bits per heavy atom. The predicted octanol–water partition coefficient (Wildman–Crippen LogP) is 5.49. The number of rotatable bonds is 6. The second-order valence-corrected chi connectivity index (χ2v) is 8.89. The first-order valence-electron chi connectivity index (χ1n) is 9.29. The molecule has 0 fully saturated rings. The number of ether oxygens (including phenoxy) is 1. The first-order valence-corrected chi connectivity index (χ1v) is 11.1. The summed E-state index contributed by atoms with van der Waals surface area (Å²) in [4.78, 5) is 11.3. The van der Waals surface area contributed by atoms with Gasteiger partial charge in [-0.2, -0.15) is 0 Å². The summed E-state index contributed by atoms with van der Waals surface area (Å²) in [5.41, 5.74) is -0.252. The smallest absolute Gasteiger partial charge is 0.339 e. The van der Waals surface area contributed by atoms with E-state index in [4.69, 9.17) is 16.3 Å². The quantitative estimate of drug-likeness (QED) is 0.344. The molecule has 3 N–H and O–H groups in total. The molecule has 4 aromatic carbocycles. The minimum Gasteiger partial charge on any atom is -0.506 e. The number of halogens is 1. The van der Waals surface area contributed by atoms with Crippen LogP contribution in [-0.4, -0.2) is 24.6 Å². The Morgan fingerprint density at radius 2 is 1.44 bits per heavy atom. The molecule has 7 nitrogen and oxygen atoms in total. The molecule has 0 aliphatic heterocycles. The predicted molar refractivity (Wildman–Crippen MR) is 121 cm³/mol. The number of carbonyl (C=O) groups is 1. The van der Waals surface area contributed by atoms with Crippen molar-refractivity contribution in [1.29, 1.82) is 0 Å². The average Bonchev–Trinajstić information content (AvgIpc) is 2.76. The number of carboxylic acids is 1. The van der Waals surface area contributed by atoms with Crippen LogP contribution in [0, 0.1) is 0 Å². The van der Waals surface area contributed by atoms with Gasteiger partial charge in [0.05, 0.1) is 4.90 Å². The maximum Gasteiger partial charge on any atom is 0.339 e. The summed E-state index contributed by atoms with van der Waals surface area (Å²) >= 11 is 5.85. The largest absolute Gasteiger partial charge is 0.506 e. The van der Waals surface area contributed by atoms with Gasteiger partial charge in [0.15, 0.2) is 0 Å². The van der Waals surface area contributed by atoms with E-state index < -0.39 is 27.3 Å². The highest BCUT2D eigenvalue weighted by atomic mass is 35.5.